The minimum absolute atomic E-state index is 0.0185. The van der Waals surface area contributed by atoms with Gasteiger partial charge in [0, 0.05) is 5.39 Å². The van der Waals surface area contributed by atoms with Crippen molar-refractivity contribution in [1.82, 2.24) is 0 Å². The number of fused-ring (bicyclic) bond motifs is 1. The van der Waals surface area contributed by atoms with E-state index in [1.54, 1.807) is 0 Å². The van der Waals surface area contributed by atoms with E-state index >= 15 is 0 Å². The van der Waals surface area contributed by atoms with Crippen molar-refractivity contribution in [1.29, 1.82) is 0 Å². The summed E-state index contributed by atoms with van der Waals surface area (Å²) in [6, 6.07) is 7.85. The minimum Gasteiger partial charge on any atom is -0.507 e. The molecule has 0 aromatic heterocycles. The van der Waals surface area contributed by atoms with Gasteiger partial charge in [-0.2, -0.15) is 13.2 Å². The summed E-state index contributed by atoms with van der Waals surface area (Å²) in [6.07, 6.45) is -4.40. The molecule has 0 atom stereocenters. The van der Waals surface area contributed by atoms with Crippen LogP contribution >= 0.6 is 0 Å². The molecule has 15 heavy (non-hydrogen) atoms. The predicted molar refractivity (Wildman–Crippen MR) is 50.6 cm³/mol. The number of phenolic OH excluding ortho intramolecular Hbond substituents is 1. The fraction of sp³-hybridized carbons (Fsp3) is 0.0909. The molecule has 2 aromatic rings. The van der Waals surface area contributed by atoms with Crippen molar-refractivity contribution in [3.63, 3.8) is 0 Å². The van der Waals surface area contributed by atoms with Gasteiger partial charge in [-0.05, 0) is 17.5 Å². The van der Waals surface area contributed by atoms with Gasteiger partial charge < -0.3 is 5.11 Å². The monoisotopic (exact) mass is 212 g/mol. The van der Waals surface area contributed by atoms with Gasteiger partial charge in [0.1, 0.15) is 5.75 Å². The van der Waals surface area contributed by atoms with E-state index in [1.807, 2.05) is 0 Å². The van der Waals surface area contributed by atoms with Crippen LogP contribution in [0.25, 0.3) is 10.8 Å². The number of hydrogen-bond acceptors (Lipinski definition) is 1. The Bertz CT molecular complexity index is 503. The van der Waals surface area contributed by atoms with Crippen LogP contribution in [-0.4, -0.2) is 5.11 Å². The third kappa shape index (κ3) is 1.63. The van der Waals surface area contributed by atoms with Gasteiger partial charge in [0.2, 0.25) is 0 Å². The Morgan fingerprint density at radius 2 is 1.47 bits per heavy atom. The van der Waals surface area contributed by atoms with Crippen molar-refractivity contribution in [3.05, 3.63) is 42.0 Å². The van der Waals surface area contributed by atoms with Crippen LogP contribution in [0.2, 0.25) is 0 Å². The summed E-state index contributed by atoms with van der Waals surface area (Å²) in [6.45, 7) is 0. The molecule has 0 saturated carbocycles. The quantitative estimate of drug-likeness (QED) is 0.707. The van der Waals surface area contributed by atoms with Crippen LogP contribution in [0.4, 0.5) is 13.2 Å². The van der Waals surface area contributed by atoms with Crippen LogP contribution in [0, 0.1) is 0 Å². The summed E-state index contributed by atoms with van der Waals surface area (Å²) in [4.78, 5) is 0. The van der Waals surface area contributed by atoms with E-state index in [2.05, 4.69) is 0 Å². The highest BCUT2D eigenvalue weighted by atomic mass is 19.4. The molecule has 0 spiro atoms. The molecule has 1 nitrogen and oxygen atoms in total. The lowest BCUT2D eigenvalue weighted by Crippen LogP contribution is -2.05. The second-order valence-corrected chi connectivity index (χ2v) is 3.18. The second kappa shape index (κ2) is 3.15. The van der Waals surface area contributed by atoms with Crippen LogP contribution in [0.15, 0.2) is 36.4 Å². The number of aromatic hydroxyl groups is 1. The van der Waals surface area contributed by atoms with E-state index in [0.717, 1.165) is 6.07 Å². The SMILES string of the molecule is Oc1cccc2c(C(F)(F)F)cccc12. The predicted octanol–water partition coefficient (Wildman–Crippen LogP) is 3.56. The molecule has 2 aromatic carbocycles. The number of halogens is 3. The van der Waals surface area contributed by atoms with Gasteiger partial charge in [-0.1, -0.05) is 24.3 Å². The van der Waals surface area contributed by atoms with E-state index < -0.39 is 11.7 Å². The molecule has 0 fully saturated rings. The first-order valence-electron chi connectivity index (χ1n) is 4.28. The van der Waals surface area contributed by atoms with Crippen molar-refractivity contribution in [2.45, 2.75) is 6.18 Å². The average Bonchev–Trinajstić information content (AvgIpc) is 2.16. The van der Waals surface area contributed by atoms with Crippen molar-refractivity contribution in [2.24, 2.45) is 0 Å². The van der Waals surface area contributed by atoms with Gasteiger partial charge in [-0.15, -0.1) is 0 Å². The number of hydrogen-bond donors (Lipinski definition) is 1. The van der Waals surface area contributed by atoms with E-state index in [9.17, 15) is 18.3 Å². The summed E-state index contributed by atoms with van der Waals surface area (Å²) in [7, 11) is 0. The van der Waals surface area contributed by atoms with Crippen LogP contribution in [0.5, 0.6) is 5.75 Å². The second-order valence-electron chi connectivity index (χ2n) is 3.18. The largest absolute Gasteiger partial charge is 0.507 e. The number of alkyl halides is 3. The average molecular weight is 212 g/mol. The van der Waals surface area contributed by atoms with Crippen molar-refractivity contribution >= 4 is 10.8 Å². The third-order valence-corrected chi connectivity index (χ3v) is 2.20. The highest BCUT2D eigenvalue weighted by Gasteiger charge is 2.32. The molecule has 0 aliphatic carbocycles. The standard InChI is InChI=1S/C11H7F3O/c12-11(13,14)9-5-1-4-8-7(9)3-2-6-10(8)15/h1-6,15H. The molecule has 2 rings (SSSR count). The zero-order chi connectivity index (χ0) is 11.1. The van der Waals surface area contributed by atoms with Crippen LogP contribution in [0.3, 0.4) is 0 Å². The molecule has 0 heterocycles. The van der Waals surface area contributed by atoms with Crippen molar-refractivity contribution < 1.29 is 18.3 Å². The maximum Gasteiger partial charge on any atom is 0.417 e. The van der Waals surface area contributed by atoms with Crippen LogP contribution in [-0.2, 0) is 6.18 Å². The zero-order valence-electron chi connectivity index (χ0n) is 7.55. The normalized spacial score (nSPS) is 11.9. The Labute approximate surface area is 83.8 Å². The summed E-state index contributed by atoms with van der Waals surface area (Å²) >= 11 is 0. The third-order valence-electron chi connectivity index (χ3n) is 2.20. The Morgan fingerprint density at radius 3 is 2.13 bits per heavy atom. The summed E-state index contributed by atoms with van der Waals surface area (Å²) < 4.78 is 37.7. The minimum atomic E-state index is -4.40. The lowest BCUT2D eigenvalue weighted by molar-refractivity contribution is -0.136. The maximum absolute atomic E-state index is 12.6. The zero-order valence-corrected chi connectivity index (χ0v) is 7.55. The number of benzene rings is 2. The van der Waals surface area contributed by atoms with Gasteiger partial charge in [0.25, 0.3) is 0 Å². The van der Waals surface area contributed by atoms with E-state index in [1.165, 1.54) is 30.3 Å². The molecule has 0 aliphatic rings. The first kappa shape index (κ1) is 9.83. The van der Waals surface area contributed by atoms with E-state index in [4.69, 9.17) is 0 Å². The fourth-order valence-corrected chi connectivity index (χ4v) is 1.54. The molecule has 0 radical (unpaired) electrons. The molecule has 4 heteroatoms. The topological polar surface area (TPSA) is 20.2 Å². The van der Waals surface area contributed by atoms with E-state index in [-0.39, 0.29) is 16.5 Å². The van der Waals surface area contributed by atoms with Gasteiger partial charge in [-0.25, -0.2) is 0 Å². The molecule has 0 aliphatic heterocycles. The number of phenols is 1. The lowest BCUT2D eigenvalue weighted by Gasteiger charge is -2.10. The van der Waals surface area contributed by atoms with E-state index in [0.29, 0.717) is 0 Å². The van der Waals surface area contributed by atoms with Gasteiger partial charge >= 0.3 is 6.18 Å². The van der Waals surface area contributed by atoms with Crippen LogP contribution < -0.4 is 0 Å². The molecule has 0 unspecified atom stereocenters. The highest BCUT2D eigenvalue weighted by Crippen LogP contribution is 2.36. The maximum atomic E-state index is 12.6. The van der Waals surface area contributed by atoms with Gasteiger partial charge in [-0.3, -0.25) is 0 Å². The molecule has 78 valence electrons. The first-order valence-corrected chi connectivity index (χ1v) is 4.28. The van der Waals surface area contributed by atoms with Gasteiger partial charge in [0.15, 0.2) is 0 Å². The first-order chi connectivity index (χ1) is 7.00. The molecule has 1 N–H and O–H groups in total. The molecule has 0 saturated heterocycles. The Morgan fingerprint density at radius 1 is 0.867 bits per heavy atom. The molecular weight excluding hydrogens is 205 g/mol. The Balaban J connectivity index is 2.83. The fourth-order valence-electron chi connectivity index (χ4n) is 1.54. The molecule has 0 bridgehead atoms. The molecule has 0 amide bonds. The Kier molecular flexibility index (Phi) is 2.07. The summed E-state index contributed by atoms with van der Waals surface area (Å²) in [5, 5.41) is 9.63. The van der Waals surface area contributed by atoms with Crippen LogP contribution in [0.1, 0.15) is 5.56 Å². The lowest BCUT2D eigenvalue weighted by atomic mass is 10.0. The van der Waals surface area contributed by atoms with Gasteiger partial charge in [0.05, 0.1) is 5.56 Å². The van der Waals surface area contributed by atoms with Crippen molar-refractivity contribution in [2.75, 3.05) is 0 Å². The summed E-state index contributed by atoms with van der Waals surface area (Å²) in [5.41, 5.74) is -0.726. The Hall–Kier alpha value is -1.71. The smallest absolute Gasteiger partial charge is 0.417 e. The molecular formula is C11H7F3O. The summed E-state index contributed by atoms with van der Waals surface area (Å²) in [5.74, 6) is -0.140. The highest BCUT2D eigenvalue weighted by molar-refractivity contribution is 5.91. The number of rotatable bonds is 0. The van der Waals surface area contributed by atoms with Crippen molar-refractivity contribution in [3.8, 4) is 5.75 Å².